The van der Waals surface area contributed by atoms with Crippen molar-refractivity contribution in [1.82, 2.24) is 4.31 Å². The largest absolute Gasteiger partial charge is 0.212 e. The molecular formula is C10H11ClN2O2S. The summed E-state index contributed by atoms with van der Waals surface area (Å²) in [5.41, 5.74) is 0.597. The van der Waals surface area contributed by atoms with Crippen LogP contribution in [0.4, 0.5) is 0 Å². The van der Waals surface area contributed by atoms with Crippen molar-refractivity contribution in [2.75, 3.05) is 13.3 Å². The van der Waals surface area contributed by atoms with E-state index in [2.05, 4.69) is 0 Å². The fraction of sp³-hybridized carbons (Fsp3) is 0.300. The molecule has 16 heavy (non-hydrogen) atoms. The predicted octanol–water partition coefficient (Wildman–Crippen LogP) is 1.80. The van der Waals surface area contributed by atoms with Crippen LogP contribution in [0.25, 0.3) is 0 Å². The molecule has 0 aliphatic carbocycles. The van der Waals surface area contributed by atoms with E-state index in [9.17, 15) is 8.42 Å². The maximum Gasteiger partial charge on any atom is 0.212 e. The minimum Gasteiger partial charge on any atom is -0.212 e. The molecule has 4 nitrogen and oxygen atoms in total. The predicted molar refractivity (Wildman–Crippen MR) is 62.4 cm³/mol. The molecule has 0 saturated heterocycles. The van der Waals surface area contributed by atoms with Crippen LogP contribution in [0.1, 0.15) is 11.6 Å². The van der Waals surface area contributed by atoms with Crippen LogP contribution in [0.15, 0.2) is 24.3 Å². The summed E-state index contributed by atoms with van der Waals surface area (Å²) < 4.78 is 23.7. The smallest absolute Gasteiger partial charge is 0.212 e. The molecule has 0 radical (unpaired) electrons. The molecule has 1 aromatic rings. The number of sulfonamides is 1. The third-order valence-corrected chi connectivity index (χ3v) is 3.70. The molecule has 0 fully saturated rings. The topological polar surface area (TPSA) is 61.2 Å². The van der Waals surface area contributed by atoms with E-state index in [0.29, 0.717) is 10.6 Å². The lowest BCUT2D eigenvalue weighted by atomic mass is 10.1. The van der Waals surface area contributed by atoms with Crippen molar-refractivity contribution in [3.63, 3.8) is 0 Å². The van der Waals surface area contributed by atoms with Gasteiger partial charge in [0.05, 0.1) is 12.3 Å². The summed E-state index contributed by atoms with van der Waals surface area (Å²) in [5.74, 6) is 0. The molecule has 0 aliphatic heterocycles. The quantitative estimate of drug-likeness (QED) is 0.831. The molecule has 0 aromatic heterocycles. The van der Waals surface area contributed by atoms with E-state index in [1.807, 2.05) is 6.07 Å². The van der Waals surface area contributed by atoms with Gasteiger partial charge < -0.3 is 0 Å². The van der Waals surface area contributed by atoms with E-state index in [-0.39, 0.29) is 0 Å². The van der Waals surface area contributed by atoms with Crippen LogP contribution in [-0.4, -0.2) is 26.0 Å². The highest BCUT2D eigenvalue weighted by molar-refractivity contribution is 7.88. The summed E-state index contributed by atoms with van der Waals surface area (Å²) in [4.78, 5) is 0. The minimum atomic E-state index is -3.39. The molecule has 1 atom stereocenters. The maximum absolute atomic E-state index is 11.3. The fourth-order valence-corrected chi connectivity index (χ4v) is 1.88. The highest BCUT2D eigenvalue weighted by Crippen LogP contribution is 2.22. The van der Waals surface area contributed by atoms with Crippen molar-refractivity contribution >= 4 is 21.6 Å². The lowest BCUT2D eigenvalue weighted by molar-refractivity contribution is 0.437. The first-order valence-corrected chi connectivity index (χ1v) is 6.67. The number of halogens is 1. The summed E-state index contributed by atoms with van der Waals surface area (Å²) in [7, 11) is -2.02. The zero-order chi connectivity index (χ0) is 12.3. The summed E-state index contributed by atoms with van der Waals surface area (Å²) in [6, 6.07) is 7.64. The Balaban J connectivity index is 3.10. The normalized spacial score (nSPS) is 13.4. The van der Waals surface area contributed by atoms with Crippen molar-refractivity contribution < 1.29 is 8.42 Å². The molecule has 0 spiro atoms. The monoisotopic (exact) mass is 258 g/mol. The molecule has 86 valence electrons. The Morgan fingerprint density at radius 1 is 1.38 bits per heavy atom. The van der Waals surface area contributed by atoms with E-state index in [1.165, 1.54) is 7.05 Å². The Labute approximate surface area is 100 Å². The molecule has 1 unspecified atom stereocenters. The number of hydrogen-bond donors (Lipinski definition) is 0. The van der Waals surface area contributed by atoms with Gasteiger partial charge in [0.2, 0.25) is 10.0 Å². The second kappa shape index (κ2) is 4.83. The average molecular weight is 259 g/mol. The summed E-state index contributed by atoms with van der Waals surface area (Å²) in [6.45, 7) is 0. The van der Waals surface area contributed by atoms with Crippen LogP contribution in [0.5, 0.6) is 0 Å². The van der Waals surface area contributed by atoms with Crippen molar-refractivity contribution in [3.05, 3.63) is 34.9 Å². The van der Waals surface area contributed by atoms with Gasteiger partial charge in [-0.25, -0.2) is 8.42 Å². The Hall–Kier alpha value is -1.09. The second-order valence-electron chi connectivity index (χ2n) is 3.36. The van der Waals surface area contributed by atoms with Crippen LogP contribution < -0.4 is 0 Å². The van der Waals surface area contributed by atoms with Crippen molar-refractivity contribution in [1.29, 1.82) is 5.26 Å². The van der Waals surface area contributed by atoms with Gasteiger partial charge in [-0.15, -0.1) is 0 Å². The summed E-state index contributed by atoms with van der Waals surface area (Å²) in [5, 5.41) is 9.54. The van der Waals surface area contributed by atoms with Gasteiger partial charge >= 0.3 is 0 Å². The van der Waals surface area contributed by atoms with E-state index >= 15 is 0 Å². The van der Waals surface area contributed by atoms with E-state index in [4.69, 9.17) is 16.9 Å². The molecule has 1 aromatic carbocycles. The van der Waals surface area contributed by atoms with Gasteiger partial charge in [-0.1, -0.05) is 23.7 Å². The minimum absolute atomic E-state index is 0.544. The number of rotatable bonds is 3. The Morgan fingerprint density at radius 3 is 2.25 bits per heavy atom. The number of benzene rings is 1. The first-order valence-electron chi connectivity index (χ1n) is 4.44. The lowest BCUT2D eigenvalue weighted by Crippen LogP contribution is -2.29. The first kappa shape index (κ1) is 13.0. The molecule has 0 heterocycles. The Morgan fingerprint density at radius 2 is 1.88 bits per heavy atom. The lowest BCUT2D eigenvalue weighted by Gasteiger charge is -2.20. The van der Waals surface area contributed by atoms with Crippen LogP contribution in [-0.2, 0) is 10.0 Å². The van der Waals surface area contributed by atoms with E-state index < -0.39 is 16.1 Å². The van der Waals surface area contributed by atoms with Gasteiger partial charge in [0.1, 0.15) is 6.04 Å². The van der Waals surface area contributed by atoms with Crippen molar-refractivity contribution in [2.45, 2.75) is 6.04 Å². The highest BCUT2D eigenvalue weighted by Gasteiger charge is 2.23. The molecule has 1 rings (SSSR count). The number of nitriles is 1. The van der Waals surface area contributed by atoms with Gasteiger partial charge in [-0.05, 0) is 17.7 Å². The van der Waals surface area contributed by atoms with Crippen LogP contribution in [0.2, 0.25) is 5.02 Å². The third kappa shape index (κ3) is 2.95. The molecule has 6 heteroatoms. The second-order valence-corrected chi connectivity index (χ2v) is 5.84. The van der Waals surface area contributed by atoms with Gasteiger partial charge in [-0.2, -0.15) is 9.57 Å². The van der Waals surface area contributed by atoms with E-state index in [0.717, 1.165) is 10.6 Å². The molecule has 0 bridgehead atoms. The van der Waals surface area contributed by atoms with Crippen molar-refractivity contribution in [3.8, 4) is 6.07 Å². The molecule has 0 saturated carbocycles. The van der Waals surface area contributed by atoms with Crippen LogP contribution >= 0.6 is 11.6 Å². The molecule has 0 amide bonds. The fourth-order valence-electron chi connectivity index (χ4n) is 1.20. The van der Waals surface area contributed by atoms with Gasteiger partial charge in [-0.3, -0.25) is 0 Å². The molecule has 0 aliphatic rings. The number of nitrogens with zero attached hydrogens (tertiary/aromatic N) is 2. The zero-order valence-electron chi connectivity index (χ0n) is 8.88. The Bertz CT molecular complexity index is 505. The van der Waals surface area contributed by atoms with Gasteiger partial charge in [0.15, 0.2) is 0 Å². The molecule has 0 N–H and O–H groups in total. The van der Waals surface area contributed by atoms with Crippen molar-refractivity contribution in [2.24, 2.45) is 0 Å². The van der Waals surface area contributed by atoms with Gasteiger partial charge in [0, 0.05) is 12.1 Å². The standard InChI is InChI=1S/C10H11ClN2O2S/c1-13(16(2,14)15)10(7-12)8-3-5-9(11)6-4-8/h3-6,10H,1-2H3. The summed E-state index contributed by atoms with van der Waals surface area (Å²) >= 11 is 5.71. The zero-order valence-corrected chi connectivity index (χ0v) is 10.5. The first-order chi connectivity index (χ1) is 7.36. The number of hydrogen-bond acceptors (Lipinski definition) is 3. The average Bonchev–Trinajstić information content (AvgIpc) is 2.20. The van der Waals surface area contributed by atoms with Crippen LogP contribution in [0, 0.1) is 11.3 Å². The maximum atomic E-state index is 11.3. The third-order valence-electron chi connectivity index (χ3n) is 2.19. The van der Waals surface area contributed by atoms with Crippen LogP contribution in [0.3, 0.4) is 0 Å². The highest BCUT2D eigenvalue weighted by atomic mass is 35.5. The SMILES string of the molecule is CN(C(C#N)c1ccc(Cl)cc1)S(C)(=O)=O. The Kier molecular flexibility index (Phi) is 3.92. The summed E-state index contributed by atoms with van der Waals surface area (Å²) in [6.07, 6.45) is 1.06. The molecular weight excluding hydrogens is 248 g/mol. The van der Waals surface area contributed by atoms with E-state index in [1.54, 1.807) is 24.3 Å². The van der Waals surface area contributed by atoms with Gasteiger partial charge in [0.25, 0.3) is 0 Å².